The zero-order valence-electron chi connectivity index (χ0n) is 12.5. The van der Waals surface area contributed by atoms with Gasteiger partial charge in [0.05, 0.1) is 5.01 Å². The third kappa shape index (κ3) is 4.14. The predicted molar refractivity (Wildman–Crippen MR) is 90.6 cm³/mol. The molecule has 0 radical (unpaired) electrons. The Morgan fingerprint density at radius 3 is 2.70 bits per heavy atom. The number of carbonyl (C=O) groups is 2. The van der Waals surface area contributed by atoms with Crippen LogP contribution in [0.2, 0.25) is 0 Å². The molecule has 1 aliphatic carbocycles. The molecule has 1 fully saturated rings. The van der Waals surface area contributed by atoms with Crippen LogP contribution in [-0.4, -0.2) is 23.3 Å². The van der Waals surface area contributed by atoms with Crippen molar-refractivity contribution in [2.45, 2.75) is 19.3 Å². The summed E-state index contributed by atoms with van der Waals surface area (Å²) in [6.07, 6.45) is 2.58. The van der Waals surface area contributed by atoms with Crippen LogP contribution >= 0.6 is 11.3 Å². The van der Waals surface area contributed by atoms with Crippen LogP contribution in [0.5, 0.6) is 0 Å². The van der Waals surface area contributed by atoms with Gasteiger partial charge < -0.3 is 16.4 Å². The minimum Gasteiger partial charge on any atom is -0.330 e. The third-order valence-corrected chi connectivity index (χ3v) is 4.39. The van der Waals surface area contributed by atoms with Gasteiger partial charge in [0, 0.05) is 29.1 Å². The average molecular weight is 330 g/mol. The van der Waals surface area contributed by atoms with Gasteiger partial charge in [0.25, 0.3) is 5.91 Å². The smallest absolute Gasteiger partial charge is 0.275 e. The summed E-state index contributed by atoms with van der Waals surface area (Å²) >= 11 is 1.43. The lowest BCUT2D eigenvalue weighted by Crippen LogP contribution is -2.15. The van der Waals surface area contributed by atoms with Crippen molar-refractivity contribution in [1.29, 1.82) is 0 Å². The van der Waals surface area contributed by atoms with Crippen molar-refractivity contribution >= 4 is 34.5 Å². The fourth-order valence-electron chi connectivity index (χ4n) is 2.11. The number of benzene rings is 1. The van der Waals surface area contributed by atoms with Crippen LogP contribution in [0.1, 0.15) is 28.3 Å². The number of anilines is 2. The van der Waals surface area contributed by atoms with Crippen LogP contribution in [0.15, 0.2) is 29.6 Å². The molecular formula is C16H18N4O2S. The quantitative estimate of drug-likeness (QED) is 0.756. The number of amides is 2. The van der Waals surface area contributed by atoms with Gasteiger partial charge in [0.2, 0.25) is 5.91 Å². The van der Waals surface area contributed by atoms with Crippen molar-refractivity contribution < 1.29 is 9.59 Å². The van der Waals surface area contributed by atoms with Crippen LogP contribution in [0, 0.1) is 5.92 Å². The van der Waals surface area contributed by atoms with Gasteiger partial charge in [0.1, 0.15) is 5.69 Å². The maximum atomic E-state index is 12.2. The summed E-state index contributed by atoms with van der Waals surface area (Å²) in [5.41, 5.74) is 7.17. The molecule has 23 heavy (non-hydrogen) atoms. The predicted octanol–water partition coefficient (Wildman–Crippen LogP) is 2.25. The van der Waals surface area contributed by atoms with E-state index in [1.165, 1.54) is 11.3 Å². The zero-order valence-corrected chi connectivity index (χ0v) is 13.4. The Bertz CT molecular complexity index is 724. The van der Waals surface area contributed by atoms with E-state index in [1.807, 2.05) is 0 Å². The molecule has 0 saturated heterocycles. The molecule has 4 N–H and O–H groups in total. The second-order valence-corrected chi connectivity index (χ2v) is 6.41. The molecule has 1 aromatic heterocycles. The Kier molecular flexibility index (Phi) is 4.68. The number of nitrogens with one attached hydrogen (secondary N) is 2. The van der Waals surface area contributed by atoms with Gasteiger partial charge in [-0.2, -0.15) is 0 Å². The molecule has 0 bridgehead atoms. The first-order valence-electron chi connectivity index (χ1n) is 7.52. The molecule has 0 unspecified atom stereocenters. The Morgan fingerprint density at radius 1 is 1.26 bits per heavy atom. The number of rotatable bonds is 6. The second-order valence-electron chi connectivity index (χ2n) is 5.46. The standard InChI is InChI=1S/C16H18N4O2S/c17-7-6-14-20-13(9-23-14)16(22)19-12-3-1-2-11(8-12)18-15(21)10-4-5-10/h1-3,8-10H,4-7,17H2,(H,18,21)(H,19,22). The minimum absolute atomic E-state index is 0.0411. The molecular weight excluding hydrogens is 312 g/mol. The number of aromatic nitrogens is 1. The zero-order chi connectivity index (χ0) is 16.2. The van der Waals surface area contributed by atoms with E-state index >= 15 is 0 Å². The number of thiazole rings is 1. The first kappa shape index (κ1) is 15.6. The highest BCUT2D eigenvalue weighted by Gasteiger charge is 2.29. The summed E-state index contributed by atoms with van der Waals surface area (Å²) in [5.74, 6) is -0.0844. The first-order valence-corrected chi connectivity index (χ1v) is 8.40. The number of nitrogens with two attached hydrogens (primary N) is 1. The molecule has 6 nitrogen and oxygen atoms in total. The van der Waals surface area contributed by atoms with Gasteiger partial charge in [-0.15, -0.1) is 11.3 Å². The summed E-state index contributed by atoms with van der Waals surface area (Å²) in [4.78, 5) is 28.2. The summed E-state index contributed by atoms with van der Waals surface area (Å²) in [5, 5.41) is 8.23. The van der Waals surface area contributed by atoms with Gasteiger partial charge in [-0.3, -0.25) is 9.59 Å². The first-order chi connectivity index (χ1) is 11.2. The monoisotopic (exact) mass is 330 g/mol. The van der Waals surface area contributed by atoms with E-state index in [1.54, 1.807) is 29.6 Å². The second kappa shape index (κ2) is 6.89. The van der Waals surface area contributed by atoms with Crippen LogP contribution in [0.4, 0.5) is 11.4 Å². The van der Waals surface area contributed by atoms with E-state index in [0.29, 0.717) is 30.0 Å². The van der Waals surface area contributed by atoms with Gasteiger partial charge in [-0.05, 0) is 37.6 Å². The van der Waals surface area contributed by atoms with Gasteiger partial charge in [-0.25, -0.2) is 4.98 Å². The van der Waals surface area contributed by atoms with Crippen LogP contribution in [-0.2, 0) is 11.2 Å². The molecule has 2 aromatic rings. The van der Waals surface area contributed by atoms with Crippen molar-refractivity contribution in [3.05, 3.63) is 40.3 Å². The molecule has 0 aliphatic heterocycles. The SMILES string of the molecule is NCCc1nc(C(=O)Nc2cccc(NC(=O)C3CC3)c2)cs1. The van der Waals surface area contributed by atoms with Gasteiger partial charge in [-0.1, -0.05) is 6.07 Å². The lowest BCUT2D eigenvalue weighted by Gasteiger charge is -2.07. The van der Waals surface area contributed by atoms with E-state index in [9.17, 15) is 9.59 Å². The maximum absolute atomic E-state index is 12.2. The molecule has 3 rings (SSSR count). The Morgan fingerprint density at radius 2 is 2.00 bits per heavy atom. The van der Waals surface area contributed by atoms with Crippen molar-refractivity contribution in [1.82, 2.24) is 4.98 Å². The highest BCUT2D eigenvalue weighted by Crippen LogP contribution is 2.30. The van der Waals surface area contributed by atoms with E-state index < -0.39 is 0 Å². The van der Waals surface area contributed by atoms with E-state index in [2.05, 4.69) is 15.6 Å². The summed E-state index contributed by atoms with van der Waals surface area (Å²) in [6.45, 7) is 0.511. The van der Waals surface area contributed by atoms with Crippen LogP contribution in [0.25, 0.3) is 0 Å². The topological polar surface area (TPSA) is 97.1 Å². The molecule has 0 spiro atoms. The molecule has 1 heterocycles. The maximum Gasteiger partial charge on any atom is 0.275 e. The fourth-order valence-corrected chi connectivity index (χ4v) is 2.91. The van der Waals surface area contributed by atoms with E-state index in [0.717, 1.165) is 17.8 Å². The number of hydrogen-bond donors (Lipinski definition) is 3. The molecule has 1 aromatic carbocycles. The van der Waals surface area contributed by atoms with Crippen LogP contribution in [0.3, 0.4) is 0 Å². The number of hydrogen-bond acceptors (Lipinski definition) is 5. The molecule has 120 valence electrons. The van der Waals surface area contributed by atoms with Gasteiger partial charge in [0.15, 0.2) is 0 Å². The lowest BCUT2D eigenvalue weighted by molar-refractivity contribution is -0.117. The van der Waals surface area contributed by atoms with Crippen molar-refractivity contribution in [2.24, 2.45) is 11.7 Å². The normalized spacial score (nSPS) is 13.6. The molecule has 2 amide bonds. The van der Waals surface area contributed by atoms with E-state index in [4.69, 9.17) is 5.73 Å². The molecule has 1 saturated carbocycles. The molecule has 0 atom stereocenters. The third-order valence-electron chi connectivity index (χ3n) is 3.48. The van der Waals surface area contributed by atoms with Crippen LogP contribution < -0.4 is 16.4 Å². The Labute approximate surface area is 138 Å². The highest BCUT2D eigenvalue weighted by molar-refractivity contribution is 7.09. The molecule has 1 aliphatic rings. The summed E-state index contributed by atoms with van der Waals surface area (Å²) in [7, 11) is 0. The van der Waals surface area contributed by atoms with Gasteiger partial charge >= 0.3 is 0 Å². The molecule has 7 heteroatoms. The van der Waals surface area contributed by atoms with Crippen molar-refractivity contribution in [3.63, 3.8) is 0 Å². The largest absolute Gasteiger partial charge is 0.330 e. The Balaban J connectivity index is 1.64. The van der Waals surface area contributed by atoms with Crippen molar-refractivity contribution in [2.75, 3.05) is 17.2 Å². The fraction of sp³-hybridized carbons (Fsp3) is 0.312. The minimum atomic E-state index is -0.268. The van der Waals surface area contributed by atoms with Crippen molar-refractivity contribution in [3.8, 4) is 0 Å². The average Bonchev–Trinajstić information content (AvgIpc) is 3.28. The Hall–Kier alpha value is -2.25. The lowest BCUT2D eigenvalue weighted by atomic mass is 10.2. The summed E-state index contributed by atoms with van der Waals surface area (Å²) < 4.78 is 0. The number of nitrogens with zero attached hydrogens (tertiary/aromatic N) is 1. The summed E-state index contributed by atoms with van der Waals surface area (Å²) in [6, 6.07) is 7.11. The number of carbonyl (C=O) groups excluding carboxylic acids is 2. The van der Waals surface area contributed by atoms with E-state index in [-0.39, 0.29) is 17.7 Å². The highest BCUT2D eigenvalue weighted by atomic mass is 32.1.